The van der Waals surface area contributed by atoms with Crippen molar-refractivity contribution in [2.45, 2.75) is 24.5 Å². The van der Waals surface area contributed by atoms with Crippen LogP contribution in [0.4, 0.5) is 0 Å². The number of nitrogens with one attached hydrogen (secondary N) is 1. The predicted molar refractivity (Wildman–Crippen MR) is 79.9 cm³/mol. The van der Waals surface area contributed by atoms with Gasteiger partial charge in [-0.05, 0) is 31.7 Å². The highest BCUT2D eigenvalue weighted by Crippen LogP contribution is 2.28. The molecule has 7 heteroatoms. The van der Waals surface area contributed by atoms with Gasteiger partial charge >= 0.3 is 0 Å². The molecule has 0 bridgehead atoms. The van der Waals surface area contributed by atoms with Crippen molar-refractivity contribution in [2.24, 2.45) is 0 Å². The lowest BCUT2D eigenvalue weighted by molar-refractivity contribution is 0.0101. The number of hydrogen-bond acceptors (Lipinski definition) is 5. The van der Waals surface area contributed by atoms with E-state index in [1.54, 1.807) is 18.2 Å². The van der Waals surface area contributed by atoms with Gasteiger partial charge in [-0.25, -0.2) is 8.42 Å². The van der Waals surface area contributed by atoms with Crippen LogP contribution >= 0.6 is 0 Å². The Kier molecular flexibility index (Phi) is 5.21. The standard InChI is InChI=1S/C14H22N2O4S/c1-11-10-16(6-7-20-11)21(17,18)14-5-4-12(9-15-2)8-13(14)19-3/h4-5,8,11,15H,6-7,9-10H2,1-3H3. The van der Waals surface area contributed by atoms with E-state index in [4.69, 9.17) is 9.47 Å². The zero-order chi connectivity index (χ0) is 15.5. The number of nitrogens with zero attached hydrogens (tertiary/aromatic N) is 1. The normalized spacial score (nSPS) is 20.4. The number of rotatable bonds is 5. The molecule has 1 heterocycles. The minimum atomic E-state index is -3.56. The van der Waals surface area contributed by atoms with E-state index in [0.29, 0.717) is 32.0 Å². The molecule has 6 nitrogen and oxygen atoms in total. The van der Waals surface area contributed by atoms with E-state index in [1.807, 2.05) is 14.0 Å². The van der Waals surface area contributed by atoms with Crippen LogP contribution in [-0.4, -0.2) is 52.7 Å². The van der Waals surface area contributed by atoms with Crippen molar-refractivity contribution >= 4 is 10.0 Å². The Labute approximate surface area is 126 Å². The molecule has 1 saturated heterocycles. The molecular weight excluding hydrogens is 292 g/mol. The lowest BCUT2D eigenvalue weighted by atomic mass is 10.2. The van der Waals surface area contributed by atoms with Gasteiger partial charge in [0.2, 0.25) is 10.0 Å². The van der Waals surface area contributed by atoms with Crippen LogP contribution in [0.25, 0.3) is 0 Å². The Morgan fingerprint density at radius 3 is 2.86 bits per heavy atom. The van der Waals surface area contributed by atoms with Crippen LogP contribution in [0.2, 0.25) is 0 Å². The van der Waals surface area contributed by atoms with Crippen LogP contribution in [0, 0.1) is 0 Å². The fourth-order valence-electron chi connectivity index (χ4n) is 2.38. The molecule has 21 heavy (non-hydrogen) atoms. The van der Waals surface area contributed by atoms with Crippen LogP contribution in [0.5, 0.6) is 5.75 Å². The van der Waals surface area contributed by atoms with Crippen molar-refractivity contribution in [3.63, 3.8) is 0 Å². The Morgan fingerprint density at radius 1 is 1.48 bits per heavy atom. The highest BCUT2D eigenvalue weighted by Gasteiger charge is 2.31. The van der Waals surface area contributed by atoms with E-state index in [0.717, 1.165) is 5.56 Å². The van der Waals surface area contributed by atoms with Crippen LogP contribution in [0.1, 0.15) is 12.5 Å². The Balaban J connectivity index is 2.34. The predicted octanol–water partition coefficient (Wildman–Crippen LogP) is 0.824. The molecule has 2 rings (SSSR count). The molecule has 0 aromatic heterocycles. The molecule has 0 saturated carbocycles. The number of morpholine rings is 1. The summed E-state index contributed by atoms with van der Waals surface area (Å²) >= 11 is 0. The third-order valence-electron chi connectivity index (χ3n) is 3.43. The summed E-state index contributed by atoms with van der Waals surface area (Å²) in [6.07, 6.45) is -0.0944. The summed E-state index contributed by atoms with van der Waals surface area (Å²) in [6, 6.07) is 5.17. The van der Waals surface area contributed by atoms with Crippen molar-refractivity contribution in [1.29, 1.82) is 0 Å². The Hall–Kier alpha value is -1.15. The second-order valence-corrected chi connectivity index (χ2v) is 6.97. The summed E-state index contributed by atoms with van der Waals surface area (Å²) < 4.78 is 37.6. The Morgan fingerprint density at radius 2 is 2.24 bits per heavy atom. The summed E-state index contributed by atoms with van der Waals surface area (Å²) in [5.41, 5.74) is 0.976. The van der Waals surface area contributed by atoms with Gasteiger partial charge in [-0.3, -0.25) is 0 Å². The minimum Gasteiger partial charge on any atom is -0.495 e. The van der Waals surface area contributed by atoms with Gasteiger partial charge in [0.15, 0.2) is 0 Å². The maximum atomic E-state index is 12.8. The number of ether oxygens (including phenoxy) is 2. The minimum absolute atomic E-state index is 0.0944. The van der Waals surface area contributed by atoms with Gasteiger partial charge < -0.3 is 14.8 Å². The van der Waals surface area contributed by atoms with Crippen molar-refractivity contribution in [3.8, 4) is 5.75 Å². The van der Waals surface area contributed by atoms with Crippen molar-refractivity contribution in [2.75, 3.05) is 33.9 Å². The van der Waals surface area contributed by atoms with Gasteiger partial charge in [0, 0.05) is 19.6 Å². The second kappa shape index (κ2) is 6.74. The molecule has 1 fully saturated rings. The quantitative estimate of drug-likeness (QED) is 0.872. The lowest BCUT2D eigenvalue weighted by Crippen LogP contribution is -2.44. The molecule has 0 spiro atoms. The van der Waals surface area contributed by atoms with E-state index in [2.05, 4.69) is 5.32 Å². The van der Waals surface area contributed by atoms with Crippen LogP contribution in [0.15, 0.2) is 23.1 Å². The smallest absolute Gasteiger partial charge is 0.246 e. The zero-order valence-electron chi connectivity index (χ0n) is 12.6. The maximum absolute atomic E-state index is 12.8. The molecule has 1 aliphatic heterocycles. The van der Waals surface area contributed by atoms with Crippen LogP contribution in [0.3, 0.4) is 0 Å². The molecule has 118 valence electrons. The molecule has 1 unspecified atom stereocenters. The topological polar surface area (TPSA) is 67.9 Å². The number of methoxy groups -OCH3 is 1. The van der Waals surface area contributed by atoms with Crippen molar-refractivity contribution in [3.05, 3.63) is 23.8 Å². The summed E-state index contributed by atoms with van der Waals surface area (Å²) in [6.45, 7) is 3.68. The fraction of sp³-hybridized carbons (Fsp3) is 0.571. The third-order valence-corrected chi connectivity index (χ3v) is 5.34. The van der Waals surface area contributed by atoms with Gasteiger partial charge in [-0.2, -0.15) is 4.31 Å². The average molecular weight is 314 g/mol. The molecular formula is C14H22N2O4S. The molecule has 0 amide bonds. The Bertz CT molecular complexity index is 589. The first-order valence-electron chi connectivity index (χ1n) is 6.92. The first kappa shape index (κ1) is 16.2. The fourth-order valence-corrected chi connectivity index (χ4v) is 4.02. The van der Waals surface area contributed by atoms with Crippen molar-refractivity contribution < 1.29 is 17.9 Å². The monoisotopic (exact) mass is 314 g/mol. The van der Waals surface area contributed by atoms with Gasteiger partial charge in [0.1, 0.15) is 10.6 Å². The number of sulfonamides is 1. The molecule has 1 atom stereocenters. The average Bonchev–Trinajstić information content (AvgIpc) is 2.47. The highest BCUT2D eigenvalue weighted by atomic mass is 32.2. The maximum Gasteiger partial charge on any atom is 0.246 e. The summed E-state index contributed by atoms with van der Waals surface area (Å²) in [5, 5.41) is 3.03. The third kappa shape index (κ3) is 3.55. The van der Waals surface area contributed by atoms with Gasteiger partial charge in [0.25, 0.3) is 0 Å². The van der Waals surface area contributed by atoms with Crippen LogP contribution < -0.4 is 10.1 Å². The molecule has 1 aromatic carbocycles. The molecule has 1 aromatic rings. The first-order valence-corrected chi connectivity index (χ1v) is 8.36. The largest absolute Gasteiger partial charge is 0.495 e. The van der Waals surface area contributed by atoms with Gasteiger partial charge in [-0.15, -0.1) is 0 Å². The molecule has 0 radical (unpaired) electrons. The van der Waals surface area contributed by atoms with Crippen molar-refractivity contribution in [1.82, 2.24) is 9.62 Å². The zero-order valence-corrected chi connectivity index (χ0v) is 13.4. The lowest BCUT2D eigenvalue weighted by Gasteiger charge is -2.30. The van der Waals surface area contributed by atoms with E-state index in [-0.39, 0.29) is 11.0 Å². The first-order chi connectivity index (χ1) is 9.98. The van der Waals surface area contributed by atoms with Crippen LogP contribution in [-0.2, 0) is 21.3 Å². The second-order valence-electron chi connectivity index (χ2n) is 5.06. The number of hydrogen-bond donors (Lipinski definition) is 1. The molecule has 1 aliphatic rings. The van der Waals surface area contributed by atoms with Gasteiger partial charge in [0.05, 0.1) is 19.8 Å². The summed E-state index contributed by atoms with van der Waals surface area (Å²) in [5.74, 6) is 0.377. The summed E-state index contributed by atoms with van der Waals surface area (Å²) in [7, 11) is -0.236. The molecule has 1 N–H and O–H groups in total. The van der Waals surface area contributed by atoms with E-state index >= 15 is 0 Å². The van der Waals surface area contributed by atoms with Gasteiger partial charge in [-0.1, -0.05) is 6.07 Å². The van der Waals surface area contributed by atoms with E-state index in [1.165, 1.54) is 11.4 Å². The molecule has 0 aliphatic carbocycles. The highest BCUT2D eigenvalue weighted by molar-refractivity contribution is 7.89. The SMILES string of the molecule is CNCc1ccc(S(=O)(=O)N2CCOC(C)C2)c(OC)c1. The number of benzene rings is 1. The van der Waals surface area contributed by atoms with E-state index < -0.39 is 10.0 Å². The van der Waals surface area contributed by atoms with E-state index in [9.17, 15) is 8.42 Å². The summed E-state index contributed by atoms with van der Waals surface area (Å²) in [4.78, 5) is 0.207.